The molecule has 78 valence electrons. The summed E-state index contributed by atoms with van der Waals surface area (Å²) in [4.78, 5) is 0. The molecule has 1 N–H and O–H groups in total. The third-order valence-electron chi connectivity index (χ3n) is 3.48. The first kappa shape index (κ1) is 9.71. The molecule has 2 rings (SSSR count). The molecule has 1 aliphatic carbocycles. The lowest BCUT2D eigenvalue weighted by Crippen LogP contribution is -2.28. The SMILES string of the molecule is CNC1c2c(nn(C)c2C)CCC1C. The summed E-state index contributed by atoms with van der Waals surface area (Å²) in [6.07, 6.45) is 2.38. The van der Waals surface area contributed by atoms with Crippen LogP contribution in [0.15, 0.2) is 0 Å². The van der Waals surface area contributed by atoms with Crippen LogP contribution < -0.4 is 5.32 Å². The molecule has 0 amide bonds. The third-order valence-corrected chi connectivity index (χ3v) is 3.48. The zero-order chi connectivity index (χ0) is 10.3. The minimum atomic E-state index is 0.493. The smallest absolute Gasteiger partial charge is 0.0675 e. The van der Waals surface area contributed by atoms with Crippen LogP contribution in [-0.4, -0.2) is 16.8 Å². The van der Waals surface area contributed by atoms with E-state index in [-0.39, 0.29) is 0 Å². The average Bonchev–Trinajstić information content (AvgIpc) is 2.45. The van der Waals surface area contributed by atoms with Gasteiger partial charge in [-0.15, -0.1) is 0 Å². The Labute approximate surface area is 85.5 Å². The van der Waals surface area contributed by atoms with Gasteiger partial charge >= 0.3 is 0 Å². The van der Waals surface area contributed by atoms with E-state index >= 15 is 0 Å². The number of nitrogens with zero attached hydrogens (tertiary/aromatic N) is 2. The number of nitrogens with one attached hydrogen (secondary N) is 1. The van der Waals surface area contributed by atoms with Crippen LogP contribution in [-0.2, 0) is 13.5 Å². The predicted molar refractivity (Wildman–Crippen MR) is 57.2 cm³/mol. The van der Waals surface area contributed by atoms with Crippen LogP contribution in [0.2, 0.25) is 0 Å². The first-order valence-electron chi connectivity index (χ1n) is 5.34. The van der Waals surface area contributed by atoms with Crippen LogP contribution >= 0.6 is 0 Å². The molecule has 0 spiro atoms. The molecule has 0 saturated carbocycles. The Hall–Kier alpha value is -0.830. The lowest BCUT2D eigenvalue weighted by Gasteiger charge is -2.28. The largest absolute Gasteiger partial charge is 0.313 e. The maximum Gasteiger partial charge on any atom is 0.0675 e. The van der Waals surface area contributed by atoms with Crippen LogP contribution in [0.25, 0.3) is 0 Å². The van der Waals surface area contributed by atoms with Gasteiger partial charge in [0.1, 0.15) is 0 Å². The fourth-order valence-electron chi connectivity index (χ4n) is 2.53. The second kappa shape index (κ2) is 3.39. The van der Waals surface area contributed by atoms with Crippen LogP contribution in [0.3, 0.4) is 0 Å². The summed E-state index contributed by atoms with van der Waals surface area (Å²) in [5.41, 5.74) is 4.04. The Morgan fingerprint density at radius 1 is 1.50 bits per heavy atom. The van der Waals surface area contributed by atoms with Crippen molar-refractivity contribution in [1.82, 2.24) is 15.1 Å². The van der Waals surface area contributed by atoms with Gasteiger partial charge < -0.3 is 5.32 Å². The number of hydrogen-bond donors (Lipinski definition) is 1. The van der Waals surface area contributed by atoms with Gasteiger partial charge in [0.2, 0.25) is 0 Å². The molecule has 0 aromatic carbocycles. The summed E-state index contributed by atoms with van der Waals surface area (Å²) in [6.45, 7) is 4.48. The lowest BCUT2D eigenvalue weighted by atomic mass is 9.83. The highest BCUT2D eigenvalue weighted by Gasteiger charge is 2.29. The molecule has 0 aliphatic heterocycles. The highest BCUT2D eigenvalue weighted by Crippen LogP contribution is 2.35. The monoisotopic (exact) mass is 193 g/mol. The molecule has 3 heteroatoms. The number of aryl methyl sites for hydroxylation is 2. The van der Waals surface area contributed by atoms with Crippen molar-refractivity contribution in [2.45, 2.75) is 32.7 Å². The Bertz CT molecular complexity index is 341. The van der Waals surface area contributed by atoms with Crippen LogP contribution in [0.5, 0.6) is 0 Å². The van der Waals surface area contributed by atoms with Gasteiger partial charge in [0.25, 0.3) is 0 Å². The van der Waals surface area contributed by atoms with Gasteiger partial charge in [-0.2, -0.15) is 5.10 Å². The number of aromatic nitrogens is 2. The lowest BCUT2D eigenvalue weighted by molar-refractivity contribution is 0.362. The maximum atomic E-state index is 4.56. The molecule has 2 atom stereocenters. The number of rotatable bonds is 1. The van der Waals surface area contributed by atoms with Gasteiger partial charge in [-0.05, 0) is 32.7 Å². The molecular weight excluding hydrogens is 174 g/mol. The van der Waals surface area contributed by atoms with Crippen molar-refractivity contribution in [1.29, 1.82) is 0 Å². The van der Waals surface area contributed by atoms with E-state index in [0.29, 0.717) is 6.04 Å². The summed E-state index contributed by atoms with van der Waals surface area (Å²) in [7, 11) is 4.08. The Kier molecular flexibility index (Phi) is 2.35. The molecule has 0 bridgehead atoms. The molecule has 0 fully saturated rings. The minimum absolute atomic E-state index is 0.493. The van der Waals surface area contributed by atoms with Crippen molar-refractivity contribution >= 4 is 0 Å². The molecule has 1 aliphatic rings. The van der Waals surface area contributed by atoms with Crippen LogP contribution in [0.1, 0.15) is 36.3 Å². The van der Waals surface area contributed by atoms with Crippen molar-refractivity contribution in [3.05, 3.63) is 17.0 Å². The van der Waals surface area contributed by atoms with Gasteiger partial charge in [-0.3, -0.25) is 4.68 Å². The summed E-state index contributed by atoms with van der Waals surface area (Å²) in [6, 6.07) is 0.493. The third kappa shape index (κ3) is 1.27. The molecule has 3 nitrogen and oxygen atoms in total. The van der Waals surface area contributed by atoms with Gasteiger partial charge in [0.15, 0.2) is 0 Å². The minimum Gasteiger partial charge on any atom is -0.313 e. The standard InChI is InChI=1S/C11H19N3/c1-7-5-6-9-10(11(7)12-3)8(2)14(4)13-9/h7,11-12H,5-6H2,1-4H3. The Morgan fingerprint density at radius 2 is 2.21 bits per heavy atom. The Balaban J connectivity index is 2.49. The van der Waals surface area contributed by atoms with Crippen molar-refractivity contribution in [3.8, 4) is 0 Å². The molecule has 1 heterocycles. The Morgan fingerprint density at radius 3 is 2.86 bits per heavy atom. The van der Waals surface area contributed by atoms with E-state index in [9.17, 15) is 0 Å². The van der Waals surface area contributed by atoms with E-state index in [1.54, 1.807) is 0 Å². The fraction of sp³-hybridized carbons (Fsp3) is 0.727. The molecule has 1 aromatic heterocycles. The zero-order valence-corrected chi connectivity index (χ0v) is 9.46. The highest BCUT2D eigenvalue weighted by molar-refractivity contribution is 5.31. The molecule has 0 radical (unpaired) electrons. The first-order chi connectivity index (χ1) is 6.65. The van der Waals surface area contributed by atoms with E-state index in [1.165, 1.54) is 23.4 Å². The van der Waals surface area contributed by atoms with Crippen LogP contribution in [0, 0.1) is 12.8 Å². The number of hydrogen-bond acceptors (Lipinski definition) is 2. The quantitative estimate of drug-likeness (QED) is 0.733. The predicted octanol–water partition coefficient (Wildman–Crippen LogP) is 1.57. The van der Waals surface area contributed by atoms with Gasteiger partial charge in [0, 0.05) is 24.3 Å². The maximum absolute atomic E-state index is 4.56. The summed E-state index contributed by atoms with van der Waals surface area (Å²) in [5, 5.41) is 7.97. The zero-order valence-electron chi connectivity index (χ0n) is 9.46. The second-order valence-corrected chi connectivity index (χ2v) is 4.35. The van der Waals surface area contributed by atoms with Crippen molar-refractivity contribution < 1.29 is 0 Å². The topological polar surface area (TPSA) is 29.9 Å². The van der Waals surface area contributed by atoms with E-state index in [4.69, 9.17) is 0 Å². The van der Waals surface area contributed by atoms with Crippen LogP contribution in [0.4, 0.5) is 0 Å². The average molecular weight is 193 g/mol. The number of fused-ring (bicyclic) bond motifs is 1. The molecule has 1 aromatic rings. The van der Waals surface area contributed by atoms with E-state index < -0.39 is 0 Å². The molecular formula is C11H19N3. The first-order valence-corrected chi connectivity index (χ1v) is 5.34. The summed E-state index contributed by atoms with van der Waals surface area (Å²) >= 11 is 0. The highest BCUT2D eigenvalue weighted by atomic mass is 15.3. The van der Waals surface area contributed by atoms with Crippen molar-refractivity contribution in [2.75, 3.05) is 7.05 Å². The van der Waals surface area contributed by atoms with Gasteiger partial charge in [-0.1, -0.05) is 6.92 Å². The second-order valence-electron chi connectivity index (χ2n) is 4.35. The molecule has 2 unspecified atom stereocenters. The van der Waals surface area contributed by atoms with E-state index in [0.717, 1.165) is 12.3 Å². The summed E-state index contributed by atoms with van der Waals surface area (Å²) in [5.74, 6) is 0.718. The van der Waals surface area contributed by atoms with Crippen molar-refractivity contribution in [3.63, 3.8) is 0 Å². The fourth-order valence-corrected chi connectivity index (χ4v) is 2.53. The molecule has 14 heavy (non-hydrogen) atoms. The van der Waals surface area contributed by atoms with E-state index in [2.05, 4.69) is 24.3 Å². The van der Waals surface area contributed by atoms with Crippen molar-refractivity contribution in [2.24, 2.45) is 13.0 Å². The normalized spacial score (nSPS) is 26.3. The van der Waals surface area contributed by atoms with Gasteiger partial charge in [-0.25, -0.2) is 0 Å². The summed E-state index contributed by atoms with van der Waals surface area (Å²) < 4.78 is 2.01. The van der Waals surface area contributed by atoms with Gasteiger partial charge in [0.05, 0.1) is 5.69 Å². The molecule has 0 saturated heterocycles. The van der Waals surface area contributed by atoms with E-state index in [1.807, 2.05) is 18.8 Å².